The summed E-state index contributed by atoms with van der Waals surface area (Å²) < 4.78 is 10.7. The number of H-pyrrole nitrogens is 2. The van der Waals surface area contributed by atoms with Crippen LogP contribution in [0.15, 0.2) is 43.2 Å². The Morgan fingerprint density at radius 3 is 2.78 bits per heavy atom. The van der Waals surface area contributed by atoms with Crippen LogP contribution in [0.1, 0.15) is 17.3 Å². The fourth-order valence-electron chi connectivity index (χ4n) is 2.10. The summed E-state index contributed by atoms with van der Waals surface area (Å²) in [6.07, 6.45) is 1.09. The number of ether oxygens (including phenoxy) is 1. The summed E-state index contributed by atoms with van der Waals surface area (Å²) in [5.41, 5.74) is -0.863. The normalized spacial score (nSPS) is 10.8. The second kappa shape index (κ2) is 5.44. The lowest BCUT2D eigenvalue weighted by Gasteiger charge is -2.07. The number of hydrogen-bond acceptors (Lipinski definition) is 6. The molecule has 9 heteroatoms. The van der Waals surface area contributed by atoms with E-state index in [2.05, 4.69) is 4.98 Å². The quantitative estimate of drug-likeness (QED) is 0.661. The summed E-state index contributed by atoms with van der Waals surface area (Å²) in [5.74, 6) is -1.46. The van der Waals surface area contributed by atoms with Crippen molar-refractivity contribution in [3.05, 3.63) is 61.3 Å². The van der Waals surface area contributed by atoms with Crippen molar-refractivity contribution < 1.29 is 13.9 Å². The van der Waals surface area contributed by atoms with E-state index in [9.17, 15) is 19.2 Å². The van der Waals surface area contributed by atoms with Gasteiger partial charge in [0.05, 0.1) is 17.8 Å². The summed E-state index contributed by atoms with van der Waals surface area (Å²) in [6.45, 7) is 1.70. The van der Waals surface area contributed by atoms with Gasteiger partial charge in [-0.3, -0.25) is 19.3 Å². The van der Waals surface area contributed by atoms with Crippen molar-refractivity contribution in [1.82, 2.24) is 14.5 Å². The molecular weight excluding hydrogens is 306 g/mol. The van der Waals surface area contributed by atoms with Crippen LogP contribution >= 0.6 is 0 Å². The monoisotopic (exact) mass is 317 g/mol. The van der Waals surface area contributed by atoms with Crippen LogP contribution in [0.5, 0.6) is 0 Å². The number of hydrogen-bond donors (Lipinski definition) is 2. The van der Waals surface area contributed by atoms with Gasteiger partial charge < -0.3 is 9.15 Å². The van der Waals surface area contributed by atoms with E-state index in [0.717, 1.165) is 10.8 Å². The van der Waals surface area contributed by atoms with Gasteiger partial charge in [-0.25, -0.2) is 14.4 Å². The maximum absolute atomic E-state index is 12.0. The molecule has 2 heterocycles. The van der Waals surface area contributed by atoms with Gasteiger partial charge in [-0.1, -0.05) is 0 Å². The average molecular weight is 317 g/mol. The zero-order valence-electron chi connectivity index (χ0n) is 11.9. The van der Waals surface area contributed by atoms with Gasteiger partial charge in [-0.15, -0.1) is 0 Å². The molecule has 0 saturated heterocycles. The van der Waals surface area contributed by atoms with Crippen LogP contribution < -0.4 is 17.0 Å². The molecule has 0 spiro atoms. The Hall–Kier alpha value is -3.36. The Morgan fingerprint density at radius 2 is 2.04 bits per heavy atom. The second-order valence-corrected chi connectivity index (χ2v) is 4.59. The number of aromatic nitrogens is 3. The number of aromatic amines is 2. The highest BCUT2D eigenvalue weighted by molar-refractivity contribution is 5.88. The molecule has 0 unspecified atom stereocenters. The van der Waals surface area contributed by atoms with Gasteiger partial charge in [0, 0.05) is 12.3 Å². The predicted octanol–water partition coefficient (Wildman–Crippen LogP) is 0.137. The molecule has 23 heavy (non-hydrogen) atoms. The number of benzene rings is 1. The number of esters is 1. The molecule has 0 radical (unpaired) electrons. The lowest BCUT2D eigenvalue weighted by Crippen LogP contribution is -2.33. The molecule has 0 fully saturated rings. The number of oxazole rings is 1. The minimum Gasteiger partial charge on any atom is -0.462 e. The Labute approximate surface area is 127 Å². The first-order valence-corrected chi connectivity index (χ1v) is 6.66. The molecule has 3 rings (SSSR count). The average Bonchev–Trinajstić information content (AvgIpc) is 2.86. The number of rotatable bonds is 3. The summed E-state index contributed by atoms with van der Waals surface area (Å²) in [7, 11) is 0. The number of nitrogens with one attached hydrogen (secondary N) is 2. The molecule has 0 bridgehead atoms. The van der Waals surface area contributed by atoms with Gasteiger partial charge in [0.15, 0.2) is 5.58 Å². The minimum atomic E-state index is -0.836. The first-order valence-electron chi connectivity index (χ1n) is 6.66. The van der Waals surface area contributed by atoms with Gasteiger partial charge in [-0.05, 0) is 19.1 Å². The number of carbonyl (C=O) groups is 1. The first kappa shape index (κ1) is 14.6. The predicted molar refractivity (Wildman–Crippen MR) is 79.0 cm³/mol. The third-order valence-corrected chi connectivity index (χ3v) is 3.12. The molecule has 118 valence electrons. The minimum absolute atomic E-state index is 0.0951. The lowest BCUT2D eigenvalue weighted by atomic mass is 10.2. The van der Waals surface area contributed by atoms with Gasteiger partial charge in [0.25, 0.3) is 5.56 Å². The SMILES string of the molecule is CCOC(=O)c1cn(-c2ccc3[nH]c(=O)oc3c2)c(=O)[nH]c1=O. The highest BCUT2D eigenvalue weighted by atomic mass is 16.5. The van der Waals surface area contributed by atoms with E-state index in [1.54, 1.807) is 6.92 Å². The molecule has 0 aliphatic carbocycles. The van der Waals surface area contributed by atoms with E-state index >= 15 is 0 Å². The van der Waals surface area contributed by atoms with Crippen molar-refractivity contribution in [3.63, 3.8) is 0 Å². The Kier molecular flexibility index (Phi) is 3.45. The summed E-state index contributed by atoms with van der Waals surface area (Å²) in [5, 5.41) is 0. The highest BCUT2D eigenvalue weighted by Gasteiger charge is 2.15. The molecule has 0 aliphatic heterocycles. The van der Waals surface area contributed by atoms with Gasteiger partial charge in [0.1, 0.15) is 5.56 Å². The van der Waals surface area contributed by atoms with Gasteiger partial charge >= 0.3 is 17.4 Å². The largest absolute Gasteiger partial charge is 0.462 e. The Balaban J connectivity index is 2.19. The number of nitrogens with zero attached hydrogens (tertiary/aromatic N) is 1. The Morgan fingerprint density at radius 1 is 1.26 bits per heavy atom. The molecule has 0 aliphatic rings. The van der Waals surface area contributed by atoms with E-state index in [1.807, 2.05) is 4.98 Å². The topological polar surface area (TPSA) is 127 Å². The Bertz CT molecular complexity index is 1070. The van der Waals surface area contributed by atoms with E-state index in [0.29, 0.717) is 11.2 Å². The molecule has 2 N–H and O–H groups in total. The van der Waals surface area contributed by atoms with Gasteiger partial charge in [-0.2, -0.15) is 0 Å². The molecule has 0 atom stereocenters. The maximum Gasteiger partial charge on any atom is 0.417 e. The van der Waals surface area contributed by atoms with E-state index < -0.39 is 23.0 Å². The third kappa shape index (κ3) is 2.59. The molecule has 9 nitrogen and oxygen atoms in total. The van der Waals surface area contributed by atoms with E-state index in [4.69, 9.17) is 9.15 Å². The standard InChI is InChI=1S/C14H11N3O6/c1-2-22-12(19)8-6-17(13(20)16-11(8)18)7-3-4-9-10(5-7)23-14(21)15-9/h3-6H,2H2,1H3,(H,15,21)(H,16,18,20). The van der Waals surface area contributed by atoms with Crippen molar-refractivity contribution >= 4 is 17.1 Å². The molecule has 1 aromatic carbocycles. The molecule has 3 aromatic rings. The fourth-order valence-corrected chi connectivity index (χ4v) is 2.10. The van der Waals surface area contributed by atoms with Crippen LogP contribution in [0, 0.1) is 0 Å². The van der Waals surface area contributed by atoms with Crippen molar-refractivity contribution in [2.45, 2.75) is 6.92 Å². The summed E-state index contributed by atoms with van der Waals surface area (Å²) in [6, 6.07) is 4.50. The first-order chi connectivity index (χ1) is 11.0. The van der Waals surface area contributed by atoms with Crippen LogP contribution in [0.25, 0.3) is 16.8 Å². The van der Waals surface area contributed by atoms with Crippen LogP contribution in [0.3, 0.4) is 0 Å². The summed E-state index contributed by atoms with van der Waals surface area (Å²) >= 11 is 0. The zero-order chi connectivity index (χ0) is 16.6. The van der Waals surface area contributed by atoms with Crippen LogP contribution in [-0.4, -0.2) is 27.1 Å². The third-order valence-electron chi connectivity index (χ3n) is 3.12. The smallest absolute Gasteiger partial charge is 0.417 e. The lowest BCUT2D eigenvalue weighted by molar-refractivity contribution is 0.0523. The van der Waals surface area contributed by atoms with Crippen molar-refractivity contribution in [1.29, 1.82) is 0 Å². The van der Waals surface area contributed by atoms with Crippen molar-refractivity contribution in [2.75, 3.05) is 6.61 Å². The second-order valence-electron chi connectivity index (χ2n) is 4.59. The molecule has 0 amide bonds. The van der Waals surface area contributed by atoms with Crippen molar-refractivity contribution in [3.8, 4) is 5.69 Å². The summed E-state index contributed by atoms with van der Waals surface area (Å²) in [4.78, 5) is 51.1. The van der Waals surface area contributed by atoms with Crippen molar-refractivity contribution in [2.24, 2.45) is 0 Å². The highest BCUT2D eigenvalue weighted by Crippen LogP contribution is 2.14. The van der Waals surface area contributed by atoms with Gasteiger partial charge in [0.2, 0.25) is 0 Å². The molecular formula is C14H11N3O6. The molecule has 2 aromatic heterocycles. The van der Waals surface area contributed by atoms with Crippen LogP contribution in [0.4, 0.5) is 0 Å². The van der Waals surface area contributed by atoms with Crippen LogP contribution in [-0.2, 0) is 4.74 Å². The molecule has 0 saturated carbocycles. The number of carbonyl (C=O) groups excluding carboxylic acids is 1. The maximum atomic E-state index is 12.0. The number of fused-ring (bicyclic) bond motifs is 1. The fraction of sp³-hybridized carbons (Fsp3) is 0.143. The van der Waals surface area contributed by atoms with E-state index in [1.165, 1.54) is 18.2 Å². The van der Waals surface area contributed by atoms with Crippen LogP contribution in [0.2, 0.25) is 0 Å². The van der Waals surface area contributed by atoms with E-state index in [-0.39, 0.29) is 17.8 Å². The zero-order valence-corrected chi connectivity index (χ0v) is 11.9.